The molecule has 0 aliphatic heterocycles. The van der Waals surface area contributed by atoms with Gasteiger partial charge in [0.15, 0.2) is 0 Å². The highest BCUT2D eigenvalue weighted by molar-refractivity contribution is 8.32. The van der Waals surface area contributed by atoms with E-state index in [1.54, 1.807) is 18.2 Å². The second kappa shape index (κ2) is 8.95. The van der Waals surface area contributed by atoms with E-state index in [4.69, 9.17) is 0 Å². The summed E-state index contributed by atoms with van der Waals surface area (Å²) in [6.07, 6.45) is 0. The Labute approximate surface area is 167 Å². The van der Waals surface area contributed by atoms with E-state index in [2.05, 4.69) is 0 Å². The molecule has 7 heteroatoms. The zero-order valence-corrected chi connectivity index (χ0v) is 16.6. The summed E-state index contributed by atoms with van der Waals surface area (Å²) in [7, 11) is -5.22. The minimum atomic E-state index is -4.15. The van der Waals surface area contributed by atoms with Gasteiger partial charge in [-0.15, -0.1) is 0 Å². The van der Waals surface area contributed by atoms with Crippen molar-refractivity contribution in [1.29, 1.82) is 0 Å². The minimum absolute atomic E-state index is 0.0153. The average molecular weight is 415 g/mol. The van der Waals surface area contributed by atoms with Gasteiger partial charge in [-0.05, 0) is 12.1 Å². The van der Waals surface area contributed by atoms with E-state index < -0.39 is 30.0 Å². The van der Waals surface area contributed by atoms with Gasteiger partial charge < -0.3 is 5.21 Å². The highest BCUT2D eigenvalue weighted by Crippen LogP contribution is 2.23. The van der Waals surface area contributed by atoms with Crippen molar-refractivity contribution in [3.63, 3.8) is 0 Å². The molecule has 0 saturated heterocycles. The van der Waals surface area contributed by atoms with Crippen molar-refractivity contribution in [3.05, 3.63) is 107 Å². The molecule has 0 aliphatic rings. The fourth-order valence-corrected chi connectivity index (χ4v) is 7.36. The van der Waals surface area contributed by atoms with Gasteiger partial charge in [0.05, 0.1) is 4.90 Å². The maximum Gasteiger partial charge on any atom is 0.537 e. The third-order valence-electron chi connectivity index (χ3n) is 4.05. The van der Waals surface area contributed by atoms with E-state index in [1.165, 1.54) is 12.1 Å². The highest BCUT2D eigenvalue weighted by Gasteiger charge is 2.48. The smallest absolute Gasteiger partial charge is 0.413 e. The van der Waals surface area contributed by atoms with Crippen LogP contribution in [-0.4, -0.2) is 22.9 Å². The average Bonchev–Trinajstić information content (AvgIpc) is 2.70. The molecular weight excluding hydrogens is 394 g/mol. The van der Waals surface area contributed by atoms with E-state index in [-0.39, 0.29) is 4.90 Å². The Bertz CT molecular complexity index is 992. The molecule has 0 aliphatic carbocycles. The Morgan fingerprint density at radius 3 is 1.57 bits per heavy atom. The number of benzene rings is 3. The first kappa shape index (κ1) is 20.0. The maximum absolute atomic E-state index is 13.2. The molecule has 144 valence electrons. The summed E-state index contributed by atoms with van der Waals surface area (Å²) in [5.74, 6) is 0.660. The molecule has 0 radical (unpaired) electrons. The molecule has 3 aromatic carbocycles. The Morgan fingerprint density at radius 2 is 1.18 bits per heavy atom. The highest BCUT2D eigenvalue weighted by atomic mass is 32.3. The van der Waals surface area contributed by atoms with Gasteiger partial charge >= 0.3 is 14.2 Å². The quantitative estimate of drug-likeness (QED) is 0.172. The van der Waals surface area contributed by atoms with Crippen LogP contribution in [0.4, 0.5) is 0 Å². The molecule has 3 rings (SSSR count). The first-order chi connectivity index (χ1) is 13.5. The van der Waals surface area contributed by atoms with Crippen LogP contribution in [-0.2, 0) is 32.2 Å². The van der Waals surface area contributed by atoms with E-state index in [0.717, 1.165) is 11.1 Å². The molecule has 28 heavy (non-hydrogen) atoms. The first-order valence-corrected chi connectivity index (χ1v) is 11.6. The predicted molar refractivity (Wildman–Crippen MR) is 112 cm³/mol. The van der Waals surface area contributed by atoms with Crippen LogP contribution < -0.4 is 0 Å². The standard InChI is InChI=1S/C21H20NO4S2/c23-22(24)21(28(25,26)20-14-8-3-9-15-20)27(16-18-10-4-1-5-11-18)17-19-12-6-2-7-13-19/h1-15H,16-17H2,(H,23,24)/q+1. The number of rotatable bonds is 5. The van der Waals surface area contributed by atoms with Crippen molar-refractivity contribution in [3.8, 4) is 0 Å². The van der Waals surface area contributed by atoms with Crippen LogP contribution in [0.2, 0.25) is 0 Å². The number of sulfone groups is 1. The molecule has 0 unspecified atom stereocenters. The summed E-state index contributed by atoms with van der Waals surface area (Å²) in [5, 5.41) is 21.9. The van der Waals surface area contributed by atoms with Gasteiger partial charge in [0.1, 0.15) is 27.3 Å². The van der Waals surface area contributed by atoms with Gasteiger partial charge in [-0.2, -0.15) is 0 Å². The minimum Gasteiger partial charge on any atom is -0.413 e. The normalized spacial score (nSPS) is 12.6. The topological polar surface area (TPSA) is 80.4 Å². The fourth-order valence-electron chi connectivity index (χ4n) is 2.79. The van der Waals surface area contributed by atoms with Gasteiger partial charge in [0.25, 0.3) is 0 Å². The lowest BCUT2D eigenvalue weighted by Gasteiger charge is -2.09. The Kier molecular flexibility index (Phi) is 6.38. The Morgan fingerprint density at radius 1 is 0.786 bits per heavy atom. The number of nitrogens with zero attached hydrogens (tertiary/aromatic N) is 1. The predicted octanol–water partition coefficient (Wildman–Crippen LogP) is 3.73. The number of hydrogen-bond donors (Lipinski definition) is 1. The summed E-state index contributed by atoms with van der Waals surface area (Å²) < 4.78 is 25.8. The van der Waals surface area contributed by atoms with Crippen LogP contribution in [0.3, 0.4) is 0 Å². The molecule has 0 saturated carbocycles. The summed E-state index contributed by atoms with van der Waals surface area (Å²) in [6, 6.07) is 26.4. The van der Waals surface area contributed by atoms with E-state index in [0.29, 0.717) is 11.5 Å². The van der Waals surface area contributed by atoms with Crippen LogP contribution in [0.1, 0.15) is 11.1 Å². The number of hydrogen-bond acceptors (Lipinski definition) is 4. The zero-order chi connectivity index (χ0) is 20.0. The molecule has 0 heterocycles. The molecule has 5 nitrogen and oxygen atoms in total. The second-order valence-electron chi connectivity index (χ2n) is 6.11. The summed E-state index contributed by atoms with van der Waals surface area (Å²) in [5.41, 5.74) is 1.79. The van der Waals surface area contributed by atoms with Crippen LogP contribution >= 0.6 is 0 Å². The summed E-state index contributed by atoms with van der Waals surface area (Å²) in [6.45, 7) is 0. The van der Waals surface area contributed by atoms with Crippen molar-refractivity contribution in [2.45, 2.75) is 16.4 Å². The SMILES string of the molecule is O=S(=O)(/C(=[N+](/[O-])O)[S+](Cc1ccccc1)Cc1ccccc1)c1ccccc1. The summed E-state index contributed by atoms with van der Waals surface area (Å²) >= 11 is 0. The molecular formula is C21H20NO4S2+. The van der Waals surface area contributed by atoms with Crippen molar-refractivity contribution in [2.24, 2.45) is 0 Å². The van der Waals surface area contributed by atoms with Crippen LogP contribution in [0.25, 0.3) is 0 Å². The second-order valence-corrected chi connectivity index (χ2v) is 10.2. The van der Waals surface area contributed by atoms with Crippen molar-refractivity contribution < 1.29 is 18.5 Å². The summed E-state index contributed by atoms with van der Waals surface area (Å²) in [4.78, 5) is -0.490. The lowest BCUT2D eigenvalue weighted by Crippen LogP contribution is -2.34. The monoisotopic (exact) mass is 414 g/mol. The molecule has 0 amide bonds. The van der Waals surface area contributed by atoms with Gasteiger partial charge in [-0.3, -0.25) is 5.21 Å². The van der Waals surface area contributed by atoms with E-state index in [9.17, 15) is 18.8 Å². The van der Waals surface area contributed by atoms with Crippen LogP contribution in [0.15, 0.2) is 95.9 Å². The third-order valence-corrected chi connectivity index (χ3v) is 8.94. The van der Waals surface area contributed by atoms with E-state index in [1.807, 2.05) is 60.7 Å². The van der Waals surface area contributed by atoms with Crippen molar-refractivity contribution >= 4 is 25.1 Å². The molecule has 0 fully saturated rings. The molecule has 0 atom stereocenters. The Balaban J connectivity index is 2.06. The molecule has 0 aromatic heterocycles. The van der Waals surface area contributed by atoms with Gasteiger partial charge in [-0.25, -0.2) is 8.42 Å². The lowest BCUT2D eigenvalue weighted by atomic mass is 10.2. The van der Waals surface area contributed by atoms with Gasteiger partial charge in [0, 0.05) is 11.1 Å². The van der Waals surface area contributed by atoms with Crippen LogP contribution in [0.5, 0.6) is 0 Å². The largest absolute Gasteiger partial charge is 0.537 e. The first-order valence-electron chi connectivity index (χ1n) is 8.57. The molecule has 0 spiro atoms. The van der Waals surface area contributed by atoms with Crippen LogP contribution in [0, 0.1) is 5.21 Å². The maximum atomic E-state index is 13.2. The van der Waals surface area contributed by atoms with Gasteiger partial charge in [0.2, 0.25) is 0 Å². The van der Waals surface area contributed by atoms with Gasteiger partial charge in [-0.1, -0.05) is 78.9 Å². The fraction of sp³-hybridized carbons (Fsp3) is 0.0952. The molecule has 0 bridgehead atoms. The zero-order valence-electron chi connectivity index (χ0n) is 15.0. The van der Waals surface area contributed by atoms with E-state index >= 15 is 0 Å². The Hall–Kier alpha value is -2.77. The molecule has 1 N–H and O–H groups in total. The third kappa shape index (κ3) is 4.74. The lowest BCUT2D eigenvalue weighted by molar-refractivity contribution is -0.722. The molecule has 3 aromatic rings. The van der Waals surface area contributed by atoms with Crippen molar-refractivity contribution in [1.82, 2.24) is 0 Å². The van der Waals surface area contributed by atoms with Crippen molar-refractivity contribution in [2.75, 3.05) is 0 Å².